The molecule has 2 aromatic heterocycles. The molecule has 0 spiro atoms. The predicted octanol–water partition coefficient (Wildman–Crippen LogP) is 1.23. The van der Waals surface area contributed by atoms with Gasteiger partial charge in [0.05, 0.1) is 6.20 Å². The van der Waals surface area contributed by atoms with Crippen LogP contribution in [0.15, 0.2) is 44.4 Å². The molecule has 4 rings (SSSR count). The van der Waals surface area contributed by atoms with Gasteiger partial charge < -0.3 is 21.4 Å². The van der Waals surface area contributed by atoms with E-state index >= 15 is 0 Å². The largest absolute Gasteiger partial charge is 0.477 e. The predicted molar refractivity (Wildman–Crippen MR) is 129 cm³/mol. The third kappa shape index (κ3) is 4.94. The second kappa shape index (κ2) is 10.5. The number of nitrogens with zero attached hydrogens (tertiary/aromatic N) is 5. The zero-order chi connectivity index (χ0) is 24.2. The summed E-state index contributed by atoms with van der Waals surface area (Å²) >= 11 is 5.32. The Morgan fingerprint density at radius 3 is 2.91 bits per heavy atom. The second-order valence-electron chi connectivity index (χ2n) is 6.84. The minimum atomic E-state index is -1.22. The number of thiazole rings is 1. The van der Waals surface area contributed by atoms with E-state index in [2.05, 4.69) is 25.0 Å². The Kier molecular flexibility index (Phi) is 7.50. The van der Waals surface area contributed by atoms with Crippen molar-refractivity contribution in [3.8, 4) is 0 Å². The van der Waals surface area contributed by atoms with Crippen LogP contribution in [0.5, 0.6) is 0 Å². The number of fused-ring (bicyclic) bond motifs is 1. The van der Waals surface area contributed by atoms with Crippen molar-refractivity contribution in [1.82, 2.24) is 24.8 Å². The number of β-lactam (4-membered cyclic amide) rings is 1. The first kappa shape index (κ1) is 24.2. The van der Waals surface area contributed by atoms with E-state index in [1.165, 1.54) is 33.6 Å². The first-order valence-electron chi connectivity index (χ1n) is 9.62. The van der Waals surface area contributed by atoms with E-state index in [0.717, 1.165) is 21.3 Å². The van der Waals surface area contributed by atoms with Crippen molar-refractivity contribution >= 4 is 75.0 Å². The van der Waals surface area contributed by atoms with Crippen molar-refractivity contribution in [2.24, 2.45) is 5.16 Å². The smallest absolute Gasteiger partial charge is 0.352 e. The van der Waals surface area contributed by atoms with Crippen LogP contribution in [0.4, 0.5) is 5.13 Å². The molecule has 5 N–H and O–H groups in total. The number of amides is 2. The number of carboxylic acids is 1. The van der Waals surface area contributed by atoms with Crippen molar-refractivity contribution in [2.75, 3.05) is 17.2 Å². The van der Waals surface area contributed by atoms with Crippen LogP contribution in [-0.2, 0) is 14.4 Å². The van der Waals surface area contributed by atoms with Crippen LogP contribution in [0.3, 0.4) is 0 Å². The number of carbonyl (C=O) groups is 3. The summed E-state index contributed by atoms with van der Waals surface area (Å²) < 4.78 is 4.80. The molecular weight excluding hydrogens is 523 g/mol. The molecule has 34 heavy (non-hydrogen) atoms. The van der Waals surface area contributed by atoms with Gasteiger partial charge in [-0.2, -0.15) is 0 Å². The Morgan fingerprint density at radius 2 is 2.26 bits per heavy atom. The van der Waals surface area contributed by atoms with E-state index in [4.69, 9.17) is 5.73 Å². The summed E-state index contributed by atoms with van der Waals surface area (Å²) in [7, 11) is 0. The minimum Gasteiger partial charge on any atom is -0.477 e. The number of hydrogen-bond acceptors (Lipinski definition) is 13. The van der Waals surface area contributed by atoms with E-state index < -0.39 is 29.2 Å². The molecule has 0 bridgehead atoms. The summed E-state index contributed by atoms with van der Waals surface area (Å²) in [5.41, 5.74) is 5.66. The van der Waals surface area contributed by atoms with E-state index in [1.807, 2.05) is 6.08 Å². The highest BCUT2D eigenvalue weighted by molar-refractivity contribution is 8.01. The highest BCUT2D eigenvalue weighted by Crippen LogP contribution is 2.40. The molecule has 0 radical (unpaired) electrons. The van der Waals surface area contributed by atoms with Gasteiger partial charge in [-0.05, 0) is 23.5 Å². The Labute approximate surface area is 209 Å². The molecule has 0 aliphatic carbocycles. The third-order valence-electron chi connectivity index (χ3n) is 4.76. The summed E-state index contributed by atoms with van der Waals surface area (Å²) in [6.07, 6.45) is 5.98. The van der Waals surface area contributed by atoms with Crippen molar-refractivity contribution in [3.63, 3.8) is 0 Å². The second-order valence-corrected chi connectivity index (χ2v) is 11.0. The zero-order valence-corrected chi connectivity index (χ0v) is 20.4. The molecule has 2 aliphatic heterocycles. The van der Waals surface area contributed by atoms with Gasteiger partial charge in [-0.3, -0.25) is 14.5 Å². The first-order chi connectivity index (χ1) is 16.4. The number of carboxylic acid groups (broad SMARTS) is 1. The Morgan fingerprint density at radius 1 is 1.44 bits per heavy atom. The summed E-state index contributed by atoms with van der Waals surface area (Å²) in [6.45, 7) is 0. The van der Waals surface area contributed by atoms with Gasteiger partial charge >= 0.3 is 5.97 Å². The lowest BCUT2D eigenvalue weighted by molar-refractivity contribution is -0.150. The number of aliphatic carboxylic acids is 1. The molecule has 0 aromatic carbocycles. The summed E-state index contributed by atoms with van der Waals surface area (Å²) in [4.78, 5) is 42.4. The molecule has 2 aromatic rings. The van der Waals surface area contributed by atoms with Gasteiger partial charge in [0.2, 0.25) is 0 Å². The molecule has 4 heterocycles. The average molecular weight is 540 g/mol. The average Bonchev–Trinajstić information content (AvgIpc) is 3.49. The normalized spacial score (nSPS) is 20.4. The fraction of sp³-hybridized carbons (Fsp3) is 0.278. The lowest BCUT2D eigenvalue weighted by Gasteiger charge is -2.49. The van der Waals surface area contributed by atoms with Crippen LogP contribution in [0.1, 0.15) is 12.1 Å². The molecule has 12 nitrogen and oxygen atoms in total. The molecule has 0 unspecified atom stereocenters. The molecule has 2 amide bonds. The van der Waals surface area contributed by atoms with Gasteiger partial charge in [-0.1, -0.05) is 21.8 Å². The number of carbonyl (C=O) groups excluding carboxylic acids is 2. The fourth-order valence-electron chi connectivity index (χ4n) is 3.26. The highest BCUT2D eigenvalue weighted by atomic mass is 32.2. The number of oxime groups is 1. The number of nitrogens with two attached hydrogens (primary N) is 1. The molecule has 16 heteroatoms. The fourth-order valence-corrected chi connectivity index (χ4v) is 6.54. The van der Waals surface area contributed by atoms with E-state index in [1.54, 1.807) is 24.0 Å². The zero-order valence-electron chi connectivity index (χ0n) is 17.2. The van der Waals surface area contributed by atoms with Crippen LogP contribution in [0.25, 0.3) is 0 Å². The van der Waals surface area contributed by atoms with Gasteiger partial charge in [0.15, 0.2) is 10.8 Å². The summed E-state index contributed by atoms with van der Waals surface area (Å²) in [5, 5.41) is 29.3. The van der Waals surface area contributed by atoms with Gasteiger partial charge in [0.25, 0.3) is 11.8 Å². The maximum absolute atomic E-state index is 12.8. The number of hydrogen-bond donors (Lipinski definition) is 4. The van der Waals surface area contributed by atoms with Gasteiger partial charge in [-0.15, -0.1) is 40.0 Å². The lowest BCUT2D eigenvalue weighted by Crippen LogP contribution is -2.71. The maximum Gasteiger partial charge on any atom is 0.352 e. The number of thioether (sulfide) groups is 2. The number of nitrogen functional groups attached to an aromatic ring is 1. The van der Waals surface area contributed by atoms with E-state index in [0.29, 0.717) is 17.7 Å². The molecule has 1 fully saturated rings. The van der Waals surface area contributed by atoms with Crippen LogP contribution < -0.4 is 11.1 Å². The molecule has 2 atom stereocenters. The number of nitrogens with one attached hydrogen (secondary N) is 1. The Hall–Kier alpha value is -2.95. The van der Waals surface area contributed by atoms with Crippen molar-refractivity contribution in [2.45, 2.75) is 22.0 Å². The molecule has 2 aliphatic rings. The maximum atomic E-state index is 12.8. The first-order valence-corrected chi connectivity index (χ1v) is 13.3. The van der Waals surface area contributed by atoms with Gasteiger partial charge in [-0.25, -0.2) is 9.78 Å². The third-order valence-corrected chi connectivity index (χ3v) is 8.60. The molecular formula is C18H17N7O5S4. The number of allylic oxidation sites excluding steroid dienone is 2. The van der Waals surface area contributed by atoms with Crippen molar-refractivity contribution in [1.29, 1.82) is 0 Å². The molecule has 178 valence electrons. The summed E-state index contributed by atoms with van der Waals surface area (Å²) in [6, 6.07) is -0.963. The van der Waals surface area contributed by atoms with Crippen molar-refractivity contribution in [3.05, 3.63) is 40.7 Å². The number of aromatic nitrogens is 3. The highest BCUT2D eigenvalue weighted by Gasteiger charge is 2.54. The minimum absolute atomic E-state index is 0.0748. The van der Waals surface area contributed by atoms with Crippen LogP contribution >= 0.6 is 46.4 Å². The van der Waals surface area contributed by atoms with Crippen molar-refractivity contribution < 1.29 is 24.7 Å². The lowest BCUT2D eigenvalue weighted by atomic mass is 10.0. The Bertz CT molecular complexity index is 1190. The standard InChI is InChI=1S/C18H17N7O5S4/c19-18-21-9(7-33-18)11(23-30)14(26)22-12-15(27)25-13(17(28)29)8(6-32-16(12)25)3-1-2-4-31-10-5-20-24-34-10/h1,3,5,7,12,16,30H,2,4,6H2,(H2,19,21)(H,22,26)(H,28,29)/b3-1-,23-11?/t12-,16-/m1/s1. The van der Waals surface area contributed by atoms with Crippen LogP contribution in [0.2, 0.25) is 0 Å². The van der Waals surface area contributed by atoms with E-state index in [9.17, 15) is 24.7 Å². The van der Waals surface area contributed by atoms with Gasteiger partial charge in [0, 0.05) is 16.9 Å². The Balaban J connectivity index is 1.41. The van der Waals surface area contributed by atoms with Gasteiger partial charge in [0.1, 0.15) is 27.0 Å². The summed E-state index contributed by atoms with van der Waals surface area (Å²) in [5.74, 6) is -1.45. The van der Waals surface area contributed by atoms with Crippen LogP contribution in [-0.4, -0.2) is 76.2 Å². The topological polar surface area (TPSA) is 184 Å². The molecule has 0 saturated carbocycles. The number of anilines is 1. The van der Waals surface area contributed by atoms with Crippen LogP contribution in [0, 0.1) is 0 Å². The quantitative estimate of drug-likeness (QED) is 0.0897. The van der Waals surface area contributed by atoms with E-state index in [-0.39, 0.29) is 22.2 Å². The number of rotatable bonds is 9. The SMILES string of the molecule is Nc1nc(C(=NO)C(=O)N[C@@H]2C(=O)N3C(C(=O)O)=C(/C=C\CCSc4cnns4)CS[C@H]23)cs1. The monoisotopic (exact) mass is 539 g/mol. The molecule has 1 saturated heterocycles.